The maximum Gasteiger partial charge on any atom is 0.243 e. The molecule has 0 saturated carbocycles. The quantitative estimate of drug-likeness (QED) is 0.588. The van der Waals surface area contributed by atoms with Crippen molar-refractivity contribution >= 4 is 18.1 Å². The van der Waals surface area contributed by atoms with E-state index in [1.807, 2.05) is 19.1 Å². The zero-order valence-electron chi connectivity index (χ0n) is 15.6. The van der Waals surface area contributed by atoms with Gasteiger partial charge in [0.15, 0.2) is 0 Å². The molecule has 5 heteroatoms. The van der Waals surface area contributed by atoms with Crippen LogP contribution in [0.4, 0.5) is 0 Å². The normalized spacial score (nSPS) is 21.2. The molecule has 1 unspecified atom stereocenters. The average molecular weight is 364 g/mol. The van der Waals surface area contributed by atoms with Crippen molar-refractivity contribution in [2.75, 3.05) is 13.1 Å². The highest BCUT2D eigenvalue weighted by Crippen LogP contribution is 2.31. The van der Waals surface area contributed by atoms with Crippen LogP contribution in [0.3, 0.4) is 0 Å². The van der Waals surface area contributed by atoms with Crippen molar-refractivity contribution < 1.29 is 8.42 Å². The molecule has 0 spiro atoms. The average Bonchev–Trinajstić information content (AvgIpc) is 2.80. The number of hydrogen-bond donors (Lipinski definition) is 0. The molecule has 1 aliphatic heterocycles. The number of rotatable bonds is 4. The zero-order valence-corrected chi connectivity index (χ0v) is 17.4. The minimum atomic E-state index is -3.43. The van der Waals surface area contributed by atoms with Crippen LogP contribution in [-0.4, -0.2) is 33.9 Å². The summed E-state index contributed by atoms with van der Waals surface area (Å²) in [6, 6.07) is 7.13. The van der Waals surface area contributed by atoms with Gasteiger partial charge in [-0.1, -0.05) is 60.3 Å². The molecular weight excluding hydrogens is 334 g/mol. The van der Waals surface area contributed by atoms with Gasteiger partial charge in [-0.3, -0.25) is 0 Å². The van der Waals surface area contributed by atoms with E-state index in [2.05, 4.69) is 45.3 Å². The fourth-order valence-electron chi connectivity index (χ4n) is 3.04. The summed E-state index contributed by atoms with van der Waals surface area (Å²) >= 11 is 0. The van der Waals surface area contributed by atoms with Crippen molar-refractivity contribution in [3.63, 3.8) is 0 Å². The van der Waals surface area contributed by atoms with Gasteiger partial charge in [-0.25, -0.2) is 8.42 Å². The summed E-state index contributed by atoms with van der Waals surface area (Å²) in [5.41, 5.74) is 5.92. The van der Waals surface area contributed by atoms with Crippen LogP contribution in [-0.2, 0) is 10.0 Å². The van der Waals surface area contributed by atoms with Gasteiger partial charge in [0, 0.05) is 19.0 Å². The summed E-state index contributed by atoms with van der Waals surface area (Å²) in [6.45, 7) is 14.0. The summed E-state index contributed by atoms with van der Waals surface area (Å²) < 4.78 is 27.6. The monoisotopic (exact) mass is 363 g/mol. The first-order chi connectivity index (χ1) is 11.0. The van der Waals surface area contributed by atoms with Gasteiger partial charge in [0.2, 0.25) is 10.0 Å². The molecule has 1 heterocycles. The highest BCUT2D eigenvalue weighted by molar-refractivity contribution is 7.89. The lowest BCUT2D eigenvalue weighted by Crippen LogP contribution is -2.29. The molecule has 1 saturated heterocycles. The summed E-state index contributed by atoms with van der Waals surface area (Å²) in [7, 11) is -4.84. The zero-order chi connectivity index (χ0) is 18.1. The molecule has 1 aromatic rings. The molecule has 3 nitrogen and oxygen atoms in total. The van der Waals surface area contributed by atoms with Crippen LogP contribution in [0.1, 0.15) is 19.4 Å². The number of allylic oxidation sites excluding steroid dienone is 1. The number of aryl methyl sites for hydroxylation is 1. The first-order valence-electron chi connectivity index (χ1n) is 8.42. The second-order valence-electron chi connectivity index (χ2n) is 8.05. The number of nitrogens with zero attached hydrogens (tertiary/aromatic N) is 1. The summed E-state index contributed by atoms with van der Waals surface area (Å²) in [4.78, 5) is 0.387. The topological polar surface area (TPSA) is 37.4 Å². The Balaban J connectivity index is 2.37. The second kappa shape index (κ2) is 6.98. The first-order valence-corrected chi connectivity index (χ1v) is 13.4. The third-order valence-corrected chi connectivity index (χ3v) is 7.11. The Hall–Kier alpha value is -1.17. The molecular formula is C19H29NO2SSi. The Labute approximate surface area is 148 Å². The van der Waals surface area contributed by atoms with Gasteiger partial charge < -0.3 is 0 Å². The molecule has 0 N–H and O–H groups in total. The van der Waals surface area contributed by atoms with Crippen LogP contribution in [0.5, 0.6) is 0 Å². The smallest absolute Gasteiger partial charge is 0.207 e. The maximum absolute atomic E-state index is 13.0. The fraction of sp³-hybridized carbons (Fsp3) is 0.474. The van der Waals surface area contributed by atoms with Crippen molar-refractivity contribution in [1.29, 1.82) is 0 Å². The van der Waals surface area contributed by atoms with Crippen molar-refractivity contribution in [2.24, 2.45) is 5.92 Å². The van der Waals surface area contributed by atoms with Gasteiger partial charge in [-0.05, 0) is 32.9 Å². The van der Waals surface area contributed by atoms with Gasteiger partial charge in [0.05, 0.1) is 13.0 Å². The molecule has 0 amide bonds. The Morgan fingerprint density at radius 3 is 2.25 bits per heavy atom. The highest BCUT2D eigenvalue weighted by Gasteiger charge is 2.35. The Morgan fingerprint density at radius 2 is 1.75 bits per heavy atom. The van der Waals surface area contributed by atoms with E-state index < -0.39 is 18.1 Å². The molecule has 0 aliphatic carbocycles. The van der Waals surface area contributed by atoms with Crippen molar-refractivity contribution in [3.05, 3.63) is 52.8 Å². The van der Waals surface area contributed by atoms with Crippen LogP contribution in [0.15, 0.2) is 52.1 Å². The molecule has 0 radical (unpaired) electrons. The molecule has 1 aromatic carbocycles. The Bertz CT molecular complexity index is 752. The van der Waals surface area contributed by atoms with E-state index in [-0.39, 0.29) is 5.92 Å². The molecule has 1 fully saturated rings. The summed E-state index contributed by atoms with van der Waals surface area (Å²) in [5.74, 6) is 0.196. The standard InChI is InChI=1S/C19H29NO2SSi/c1-15(2)11-17-12-20(13-18(17)14-24(4,5)6)23(21,22)19-9-7-16(3)8-10-19/h7-11,14,17H,12-13H2,1-6H3/b18-14+. The lowest BCUT2D eigenvalue weighted by molar-refractivity contribution is 0.471. The van der Waals surface area contributed by atoms with Crippen LogP contribution in [0, 0.1) is 12.8 Å². The minimum Gasteiger partial charge on any atom is -0.207 e. The predicted molar refractivity (Wildman–Crippen MR) is 104 cm³/mol. The van der Waals surface area contributed by atoms with Crippen molar-refractivity contribution in [1.82, 2.24) is 4.31 Å². The SMILES string of the molecule is CC(C)=CC1CN(S(=O)(=O)c2ccc(C)cc2)C/C1=C\[Si](C)(C)C. The largest absolute Gasteiger partial charge is 0.243 e. The molecule has 1 aliphatic rings. The molecule has 24 heavy (non-hydrogen) atoms. The fourth-order valence-corrected chi connectivity index (χ4v) is 5.91. The van der Waals surface area contributed by atoms with E-state index in [1.165, 1.54) is 11.1 Å². The maximum atomic E-state index is 13.0. The van der Waals surface area contributed by atoms with E-state index in [9.17, 15) is 8.42 Å². The van der Waals surface area contributed by atoms with E-state index in [4.69, 9.17) is 0 Å². The van der Waals surface area contributed by atoms with Crippen LogP contribution in [0.2, 0.25) is 19.6 Å². The molecule has 132 valence electrons. The second-order valence-corrected chi connectivity index (χ2v) is 15.0. The predicted octanol–water partition coefficient (Wildman–Crippen LogP) is 4.39. The molecule has 0 bridgehead atoms. The molecule has 1 atom stereocenters. The number of sulfonamides is 1. The Morgan fingerprint density at radius 1 is 1.17 bits per heavy atom. The van der Waals surface area contributed by atoms with Gasteiger partial charge in [-0.15, -0.1) is 0 Å². The van der Waals surface area contributed by atoms with Gasteiger partial charge >= 0.3 is 0 Å². The third kappa shape index (κ3) is 4.68. The van der Waals surface area contributed by atoms with Crippen LogP contribution in [0.25, 0.3) is 0 Å². The van der Waals surface area contributed by atoms with Gasteiger partial charge in [-0.2, -0.15) is 4.31 Å². The summed E-state index contributed by atoms with van der Waals surface area (Å²) in [5, 5.41) is 0. The number of benzene rings is 1. The molecule has 0 aromatic heterocycles. The Kier molecular flexibility index (Phi) is 5.57. The highest BCUT2D eigenvalue weighted by atomic mass is 32.2. The first kappa shape index (κ1) is 19.2. The van der Waals surface area contributed by atoms with Gasteiger partial charge in [0.25, 0.3) is 0 Å². The van der Waals surface area contributed by atoms with E-state index in [0.717, 1.165) is 5.56 Å². The third-order valence-electron chi connectivity index (χ3n) is 4.05. The van der Waals surface area contributed by atoms with Crippen LogP contribution >= 0.6 is 0 Å². The lowest BCUT2D eigenvalue weighted by Gasteiger charge is -2.16. The van der Waals surface area contributed by atoms with E-state index >= 15 is 0 Å². The summed E-state index contributed by atoms with van der Waals surface area (Å²) in [6.07, 6.45) is 2.20. The van der Waals surface area contributed by atoms with Crippen molar-refractivity contribution in [2.45, 2.75) is 45.3 Å². The van der Waals surface area contributed by atoms with E-state index in [1.54, 1.807) is 16.4 Å². The van der Waals surface area contributed by atoms with E-state index in [0.29, 0.717) is 18.0 Å². The number of hydrogen-bond acceptors (Lipinski definition) is 2. The van der Waals surface area contributed by atoms with Gasteiger partial charge in [0.1, 0.15) is 0 Å². The van der Waals surface area contributed by atoms with Crippen LogP contribution < -0.4 is 0 Å². The lowest BCUT2D eigenvalue weighted by atomic mass is 10.0. The minimum absolute atomic E-state index is 0.196. The van der Waals surface area contributed by atoms with Crippen molar-refractivity contribution in [3.8, 4) is 0 Å². The molecule has 2 rings (SSSR count).